The lowest BCUT2D eigenvalue weighted by molar-refractivity contribution is 0.448. The van der Waals surface area contributed by atoms with E-state index in [2.05, 4.69) is 19.8 Å². The number of hydrogen-bond donors (Lipinski definition) is 1. The average Bonchev–Trinajstić information content (AvgIpc) is 2.95. The molecule has 0 aliphatic heterocycles. The molecular weight excluding hydrogens is 342 g/mol. The third kappa shape index (κ3) is 4.12. The van der Waals surface area contributed by atoms with Crippen LogP contribution in [0.4, 0.5) is 5.82 Å². The van der Waals surface area contributed by atoms with Gasteiger partial charge in [-0.3, -0.25) is 0 Å². The fourth-order valence-corrected chi connectivity index (χ4v) is 3.39. The van der Waals surface area contributed by atoms with Gasteiger partial charge in [-0.15, -0.1) is 0 Å². The first-order chi connectivity index (χ1) is 11.8. The maximum absolute atomic E-state index is 12.4. The third-order valence-corrected chi connectivity index (χ3v) is 4.81. The first-order valence-corrected chi connectivity index (χ1v) is 9.32. The molecule has 132 valence electrons. The number of aromatic nitrogens is 3. The Hall–Kier alpha value is -2.52. The van der Waals surface area contributed by atoms with Crippen LogP contribution in [0, 0.1) is 6.92 Å². The molecule has 3 rings (SSSR count). The number of nitrogens with one attached hydrogen (secondary N) is 1. The van der Waals surface area contributed by atoms with Crippen molar-refractivity contribution in [3.63, 3.8) is 0 Å². The summed E-state index contributed by atoms with van der Waals surface area (Å²) in [7, 11) is 0.127. The smallest absolute Gasteiger partial charge is 0.217 e. The zero-order valence-electron chi connectivity index (χ0n) is 14.2. The molecule has 0 unspecified atom stereocenters. The van der Waals surface area contributed by atoms with Gasteiger partial charge in [0.05, 0.1) is 6.54 Å². The van der Waals surface area contributed by atoms with Crippen molar-refractivity contribution in [2.75, 3.05) is 19.0 Å². The van der Waals surface area contributed by atoms with E-state index in [0.29, 0.717) is 22.5 Å². The van der Waals surface area contributed by atoms with Crippen molar-refractivity contribution in [2.24, 2.45) is 0 Å². The molecule has 1 N–H and O–H groups in total. The van der Waals surface area contributed by atoms with Gasteiger partial charge in [-0.05, 0) is 19.1 Å². The molecule has 0 radical (unpaired) electrons. The lowest BCUT2D eigenvalue weighted by atomic mass is 10.2. The molecule has 0 fully saturated rings. The monoisotopic (exact) mass is 361 g/mol. The molecule has 0 amide bonds. The van der Waals surface area contributed by atoms with Gasteiger partial charge in [0.2, 0.25) is 10.0 Å². The molecule has 0 spiro atoms. The zero-order valence-corrected chi connectivity index (χ0v) is 15.0. The highest BCUT2D eigenvalue weighted by Crippen LogP contribution is 2.19. The lowest BCUT2D eigenvalue weighted by Crippen LogP contribution is -2.26. The van der Waals surface area contributed by atoms with Crippen LogP contribution in [0.1, 0.15) is 17.2 Å². The number of sulfonamides is 1. The second-order valence-electron chi connectivity index (χ2n) is 5.88. The minimum absolute atomic E-state index is 0.0145. The lowest BCUT2D eigenvalue weighted by Gasteiger charge is -2.13. The Labute approximate surface area is 145 Å². The van der Waals surface area contributed by atoms with Crippen molar-refractivity contribution in [1.29, 1.82) is 0 Å². The van der Waals surface area contributed by atoms with Crippen LogP contribution in [0.25, 0.3) is 11.0 Å². The number of para-hydroxylation sites is 1. The van der Waals surface area contributed by atoms with Gasteiger partial charge in [-0.2, -0.15) is 0 Å². The second kappa shape index (κ2) is 6.77. The molecule has 0 saturated heterocycles. The van der Waals surface area contributed by atoms with Crippen molar-refractivity contribution < 1.29 is 12.9 Å². The number of fused-ring (bicyclic) bond motifs is 1. The average molecular weight is 361 g/mol. The number of aryl methyl sites for hydroxylation is 1. The third-order valence-electron chi connectivity index (χ3n) is 3.57. The number of rotatable bonds is 6. The van der Waals surface area contributed by atoms with Crippen LogP contribution in [0.3, 0.4) is 0 Å². The molecule has 25 heavy (non-hydrogen) atoms. The van der Waals surface area contributed by atoms with E-state index in [1.807, 2.05) is 38.1 Å². The Morgan fingerprint density at radius 1 is 1.20 bits per heavy atom. The number of hydrogen-bond acceptors (Lipinski definition) is 7. The predicted octanol–water partition coefficient (Wildman–Crippen LogP) is 1.61. The largest absolute Gasteiger partial charge is 0.363 e. The molecule has 8 nitrogen and oxygen atoms in total. The molecule has 9 heteroatoms. The Bertz CT molecular complexity index is 998. The van der Waals surface area contributed by atoms with Crippen molar-refractivity contribution in [3.05, 3.63) is 47.5 Å². The summed E-state index contributed by atoms with van der Waals surface area (Å²) in [4.78, 5) is 10.4. The van der Waals surface area contributed by atoms with Crippen molar-refractivity contribution in [3.8, 4) is 0 Å². The molecule has 0 atom stereocenters. The van der Waals surface area contributed by atoms with Crippen LogP contribution in [-0.4, -0.2) is 37.6 Å². The maximum Gasteiger partial charge on any atom is 0.217 e. The highest BCUT2D eigenvalue weighted by molar-refractivity contribution is 7.88. The molecule has 2 aromatic heterocycles. The van der Waals surface area contributed by atoms with Gasteiger partial charge in [-0.1, -0.05) is 17.3 Å². The maximum atomic E-state index is 12.4. The van der Waals surface area contributed by atoms with Crippen molar-refractivity contribution >= 4 is 26.8 Å². The fraction of sp³-hybridized carbons (Fsp3) is 0.312. The minimum Gasteiger partial charge on any atom is -0.363 e. The van der Waals surface area contributed by atoms with Gasteiger partial charge >= 0.3 is 0 Å². The standard InChI is InChI=1S/C16H19N5O3S/c1-11-8-16(21(2)3)19-15(18-11)9-17-25(22,23)10-13-12-6-4-5-7-14(12)24-20-13/h4-8,17H,9-10H2,1-3H3. The molecule has 3 aromatic rings. The van der Waals surface area contributed by atoms with E-state index in [9.17, 15) is 8.42 Å². The quantitative estimate of drug-likeness (QED) is 0.712. The number of nitrogens with zero attached hydrogens (tertiary/aromatic N) is 4. The van der Waals surface area contributed by atoms with Crippen LogP contribution < -0.4 is 9.62 Å². The summed E-state index contributed by atoms with van der Waals surface area (Å²) in [6, 6.07) is 8.98. The van der Waals surface area contributed by atoms with E-state index in [-0.39, 0.29) is 12.3 Å². The van der Waals surface area contributed by atoms with Gasteiger partial charge in [0, 0.05) is 31.2 Å². The highest BCUT2D eigenvalue weighted by atomic mass is 32.2. The van der Waals surface area contributed by atoms with Crippen molar-refractivity contribution in [2.45, 2.75) is 19.2 Å². The molecule has 0 bridgehead atoms. The summed E-state index contributed by atoms with van der Waals surface area (Å²) in [6.45, 7) is 1.86. The van der Waals surface area contributed by atoms with Crippen molar-refractivity contribution in [1.82, 2.24) is 19.8 Å². The summed E-state index contributed by atoms with van der Waals surface area (Å²) in [5.74, 6) is 0.873. The fourth-order valence-electron chi connectivity index (χ4n) is 2.37. The van der Waals surface area contributed by atoms with Crippen LogP contribution >= 0.6 is 0 Å². The summed E-state index contributed by atoms with van der Waals surface area (Å²) >= 11 is 0. The van der Waals surface area contributed by atoms with E-state index < -0.39 is 10.0 Å². The minimum atomic E-state index is -3.61. The first-order valence-electron chi connectivity index (χ1n) is 7.66. The SMILES string of the molecule is Cc1cc(N(C)C)nc(CNS(=O)(=O)Cc2noc3ccccc23)n1. The van der Waals surface area contributed by atoms with Crippen LogP contribution in [-0.2, 0) is 22.3 Å². The van der Waals surface area contributed by atoms with Crippen LogP contribution in [0.15, 0.2) is 34.9 Å². The van der Waals surface area contributed by atoms with E-state index in [0.717, 1.165) is 11.5 Å². The van der Waals surface area contributed by atoms with E-state index in [1.165, 1.54) is 0 Å². The number of benzene rings is 1. The molecule has 1 aromatic carbocycles. The van der Waals surface area contributed by atoms with Gasteiger partial charge in [-0.25, -0.2) is 23.1 Å². The molecule has 2 heterocycles. The van der Waals surface area contributed by atoms with Gasteiger partial charge in [0.1, 0.15) is 23.1 Å². The summed E-state index contributed by atoms with van der Waals surface area (Å²) in [6.07, 6.45) is 0. The molecule has 0 aliphatic rings. The Morgan fingerprint density at radius 2 is 1.96 bits per heavy atom. The number of anilines is 1. The normalized spacial score (nSPS) is 11.8. The summed E-state index contributed by atoms with van der Waals surface area (Å²) in [5.41, 5.74) is 1.71. The molecule has 0 saturated carbocycles. The summed E-state index contributed by atoms with van der Waals surface area (Å²) in [5, 5.41) is 4.54. The van der Waals surface area contributed by atoms with Gasteiger partial charge in [0.15, 0.2) is 5.58 Å². The predicted molar refractivity (Wildman–Crippen MR) is 94.6 cm³/mol. The second-order valence-corrected chi connectivity index (χ2v) is 7.69. The Kier molecular flexibility index (Phi) is 4.69. The van der Waals surface area contributed by atoms with E-state index in [1.54, 1.807) is 18.2 Å². The molecular formula is C16H19N5O3S. The van der Waals surface area contributed by atoms with Gasteiger partial charge < -0.3 is 9.42 Å². The van der Waals surface area contributed by atoms with E-state index >= 15 is 0 Å². The Balaban J connectivity index is 1.74. The van der Waals surface area contributed by atoms with E-state index in [4.69, 9.17) is 4.52 Å². The Morgan fingerprint density at radius 3 is 2.72 bits per heavy atom. The topological polar surface area (TPSA) is 101 Å². The van der Waals surface area contributed by atoms with Crippen LogP contribution in [0.2, 0.25) is 0 Å². The first kappa shape index (κ1) is 17.3. The van der Waals surface area contributed by atoms with Gasteiger partial charge in [0.25, 0.3) is 0 Å². The van der Waals surface area contributed by atoms with Crippen LogP contribution in [0.5, 0.6) is 0 Å². The zero-order chi connectivity index (χ0) is 18.0. The highest BCUT2D eigenvalue weighted by Gasteiger charge is 2.18. The summed E-state index contributed by atoms with van der Waals surface area (Å²) < 4.78 is 32.4. The molecule has 0 aliphatic carbocycles.